The molecule has 1 atom stereocenters. The van der Waals surface area contributed by atoms with Crippen LogP contribution in [0.25, 0.3) is 0 Å². The minimum absolute atomic E-state index is 0.124. The fourth-order valence-electron chi connectivity index (χ4n) is 3.00. The minimum Gasteiger partial charge on any atom is -0.481 e. The number of nitrogens with zero attached hydrogens (tertiary/aromatic N) is 1. The van der Waals surface area contributed by atoms with Crippen LogP contribution in [-0.2, 0) is 4.79 Å². The highest BCUT2D eigenvalue weighted by Crippen LogP contribution is 2.35. The largest absolute Gasteiger partial charge is 0.481 e. The topological polar surface area (TPSA) is 81.7 Å². The summed E-state index contributed by atoms with van der Waals surface area (Å²) >= 11 is 0. The summed E-state index contributed by atoms with van der Waals surface area (Å²) < 4.78 is 0. The molecule has 2 fully saturated rings. The van der Waals surface area contributed by atoms with Crippen molar-refractivity contribution in [3.05, 3.63) is 0 Å². The predicted molar refractivity (Wildman–Crippen MR) is 80.2 cm³/mol. The number of aliphatic carboxylic acids is 1. The van der Waals surface area contributed by atoms with Crippen LogP contribution in [-0.4, -0.2) is 54.2 Å². The Labute approximate surface area is 126 Å². The van der Waals surface area contributed by atoms with Crippen LogP contribution in [0, 0.1) is 5.41 Å². The highest BCUT2D eigenvalue weighted by molar-refractivity contribution is 5.79. The van der Waals surface area contributed by atoms with Gasteiger partial charge in [-0.1, -0.05) is 13.3 Å². The number of carbonyl (C=O) groups excluding carboxylic acids is 1. The molecule has 2 aliphatic rings. The molecule has 21 heavy (non-hydrogen) atoms. The molecule has 1 aliphatic heterocycles. The molecule has 1 aliphatic carbocycles. The van der Waals surface area contributed by atoms with Gasteiger partial charge in [0.25, 0.3) is 0 Å². The van der Waals surface area contributed by atoms with E-state index >= 15 is 0 Å². The highest BCUT2D eigenvalue weighted by Gasteiger charge is 2.45. The molecule has 6 nitrogen and oxygen atoms in total. The number of hydrogen-bond donors (Lipinski definition) is 3. The first-order valence-electron chi connectivity index (χ1n) is 8.07. The maximum absolute atomic E-state index is 12.1. The molecule has 120 valence electrons. The van der Waals surface area contributed by atoms with Crippen molar-refractivity contribution >= 4 is 12.0 Å². The second kappa shape index (κ2) is 7.11. The van der Waals surface area contributed by atoms with Crippen LogP contribution in [0.3, 0.4) is 0 Å². The average Bonchev–Trinajstić information content (AvgIpc) is 3.17. The molecule has 0 aromatic heterocycles. The third kappa shape index (κ3) is 4.33. The summed E-state index contributed by atoms with van der Waals surface area (Å²) in [5.74, 6) is -0.770. The molecule has 0 bridgehead atoms. The van der Waals surface area contributed by atoms with E-state index < -0.39 is 11.4 Å². The smallest absolute Gasteiger partial charge is 0.317 e. The maximum Gasteiger partial charge on any atom is 0.317 e. The molecule has 1 unspecified atom stereocenters. The summed E-state index contributed by atoms with van der Waals surface area (Å²) in [7, 11) is 0. The van der Waals surface area contributed by atoms with Gasteiger partial charge >= 0.3 is 12.0 Å². The van der Waals surface area contributed by atoms with E-state index in [4.69, 9.17) is 0 Å². The van der Waals surface area contributed by atoms with Gasteiger partial charge in [0.2, 0.25) is 0 Å². The van der Waals surface area contributed by atoms with Crippen molar-refractivity contribution in [2.45, 2.75) is 51.5 Å². The Bertz CT molecular complexity index is 384. The summed E-state index contributed by atoms with van der Waals surface area (Å²) in [5.41, 5.74) is -0.736. The van der Waals surface area contributed by atoms with Crippen LogP contribution in [0.1, 0.15) is 45.4 Å². The highest BCUT2D eigenvalue weighted by atomic mass is 16.4. The van der Waals surface area contributed by atoms with E-state index in [2.05, 4.69) is 10.6 Å². The van der Waals surface area contributed by atoms with Crippen molar-refractivity contribution in [3.8, 4) is 0 Å². The Kier molecular flexibility index (Phi) is 5.45. The minimum atomic E-state index is -0.770. The van der Waals surface area contributed by atoms with E-state index in [1.165, 1.54) is 12.8 Å². The van der Waals surface area contributed by atoms with Crippen LogP contribution in [0.4, 0.5) is 4.79 Å². The van der Waals surface area contributed by atoms with E-state index in [9.17, 15) is 14.7 Å². The van der Waals surface area contributed by atoms with Gasteiger partial charge in [-0.2, -0.15) is 0 Å². The number of carboxylic acid groups (broad SMARTS) is 1. The molecule has 1 saturated heterocycles. The SMILES string of the molecule is CCCC1(C(=O)O)CCN(C(=O)NCCCNC2CC2)C1. The lowest BCUT2D eigenvalue weighted by molar-refractivity contribution is -0.148. The Morgan fingerprint density at radius 3 is 2.71 bits per heavy atom. The number of carboxylic acids is 1. The second-order valence-corrected chi connectivity index (χ2v) is 6.32. The molecule has 0 aromatic rings. The van der Waals surface area contributed by atoms with Crippen molar-refractivity contribution in [2.24, 2.45) is 5.41 Å². The van der Waals surface area contributed by atoms with Gasteiger partial charge in [0.15, 0.2) is 0 Å². The van der Waals surface area contributed by atoms with E-state index in [1.54, 1.807) is 4.90 Å². The standard InChI is InChI=1S/C15H27N3O3/c1-2-6-15(13(19)20)7-10-18(11-15)14(21)17-9-3-8-16-12-4-5-12/h12,16H,2-11H2,1H3,(H,17,21)(H,19,20). The summed E-state index contributed by atoms with van der Waals surface area (Å²) in [6.07, 6.45) is 5.48. The van der Waals surface area contributed by atoms with Gasteiger partial charge in [-0.3, -0.25) is 4.79 Å². The van der Waals surface area contributed by atoms with Crippen LogP contribution < -0.4 is 10.6 Å². The Balaban J connectivity index is 1.69. The van der Waals surface area contributed by atoms with Crippen molar-refractivity contribution < 1.29 is 14.7 Å². The number of urea groups is 1. The van der Waals surface area contributed by atoms with Gasteiger partial charge in [-0.15, -0.1) is 0 Å². The van der Waals surface area contributed by atoms with Crippen molar-refractivity contribution in [1.29, 1.82) is 0 Å². The third-order valence-corrected chi connectivity index (χ3v) is 4.46. The third-order valence-electron chi connectivity index (χ3n) is 4.46. The summed E-state index contributed by atoms with van der Waals surface area (Å²) in [6.45, 7) is 4.43. The van der Waals surface area contributed by atoms with E-state index in [-0.39, 0.29) is 6.03 Å². The lowest BCUT2D eigenvalue weighted by Crippen LogP contribution is -2.42. The zero-order valence-corrected chi connectivity index (χ0v) is 12.9. The number of amides is 2. The fraction of sp³-hybridized carbons (Fsp3) is 0.867. The number of hydrogen-bond acceptors (Lipinski definition) is 3. The van der Waals surface area contributed by atoms with Gasteiger partial charge in [-0.05, 0) is 38.6 Å². The molecule has 6 heteroatoms. The Hall–Kier alpha value is -1.30. The average molecular weight is 297 g/mol. The molecule has 1 heterocycles. The van der Waals surface area contributed by atoms with Gasteiger partial charge < -0.3 is 20.6 Å². The van der Waals surface area contributed by atoms with E-state index in [0.29, 0.717) is 38.5 Å². The van der Waals surface area contributed by atoms with E-state index in [1.807, 2.05) is 6.92 Å². The van der Waals surface area contributed by atoms with Gasteiger partial charge in [0, 0.05) is 25.7 Å². The lowest BCUT2D eigenvalue weighted by Gasteiger charge is -2.24. The second-order valence-electron chi connectivity index (χ2n) is 6.32. The summed E-state index contributed by atoms with van der Waals surface area (Å²) in [5, 5.41) is 15.7. The Morgan fingerprint density at radius 1 is 1.33 bits per heavy atom. The lowest BCUT2D eigenvalue weighted by atomic mass is 9.83. The molecular formula is C15H27N3O3. The van der Waals surface area contributed by atoms with Crippen LogP contribution in [0.5, 0.6) is 0 Å². The van der Waals surface area contributed by atoms with Crippen molar-refractivity contribution in [1.82, 2.24) is 15.5 Å². The quantitative estimate of drug-likeness (QED) is 0.592. The van der Waals surface area contributed by atoms with Gasteiger partial charge in [0.1, 0.15) is 0 Å². The van der Waals surface area contributed by atoms with Gasteiger partial charge in [0.05, 0.1) is 5.41 Å². The van der Waals surface area contributed by atoms with E-state index in [0.717, 1.165) is 19.4 Å². The molecule has 0 spiro atoms. The van der Waals surface area contributed by atoms with Crippen molar-refractivity contribution in [2.75, 3.05) is 26.2 Å². The first-order chi connectivity index (χ1) is 10.1. The van der Waals surface area contributed by atoms with Crippen LogP contribution in [0.2, 0.25) is 0 Å². The zero-order valence-electron chi connectivity index (χ0n) is 12.9. The molecule has 0 radical (unpaired) electrons. The predicted octanol–water partition coefficient (Wildman–Crippen LogP) is 1.41. The van der Waals surface area contributed by atoms with Crippen LogP contribution in [0.15, 0.2) is 0 Å². The fourth-order valence-corrected chi connectivity index (χ4v) is 3.00. The number of rotatable bonds is 8. The molecular weight excluding hydrogens is 270 g/mol. The molecule has 0 aromatic carbocycles. The zero-order chi connectivity index (χ0) is 15.3. The van der Waals surface area contributed by atoms with Crippen molar-refractivity contribution in [3.63, 3.8) is 0 Å². The summed E-state index contributed by atoms with van der Waals surface area (Å²) in [4.78, 5) is 25.2. The Morgan fingerprint density at radius 2 is 2.10 bits per heavy atom. The molecule has 3 N–H and O–H groups in total. The molecule has 1 saturated carbocycles. The normalized spacial score (nSPS) is 25.1. The van der Waals surface area contributed by atoms with Crippen LogP contribution >= 0.6 is 0 Å². The van der Waals surface area contributed by atoms with Gasteiger partial charge in [-0.25, -0.2) is 4.79 Å². The number of nitrogens with one attached hydrogen (secondary N) is 2. The first-order valence-corrected chi connectivity index (χ1v) is 8.07. The monoisotopic (exact) mass is 297 g/mol. The maximum atomic E-state index is 12.1. The molecule has 2 amide bonds. The summed E-state index contributed by atoms with van der Waals surface area (Å²) in [6, 6.07) is 0.574. The molecule has 2 rings (SSSR count). The number of carbonyl (C=O) groups is 2. The number of likely N-dealkylation sites (tertiary alicyclic amines) is 1. The first kappa shape index (κ1) is 16.1.